The van der Waals surface area contributed by atoms with Crippen LogP contribution in [-0.2, 0) is 0 Å². The summed E-state index contributed by atoms with van der Waals surface area (Å²) < 4.78 is 24.1. The van der Waals surface area contributed by atoms with Crippen molar-refractivity contribution in [3.63, 3.8) is 0 Å². The van der Waals surface area contributed by atoms with Gasteiger partial charge in [0, 0.05) is 6.54 Å². The fourth-order valence-corrected chi connectivity index (χ4v) is 1.85. The number of nitrogens with zero attached hydrogens (tertiary/aromatic N) is 1. The fraction of sp³-hybridized carbons (Fsp3) is 1.00. The maximum absolute atomic E-state index is 12.0. The Hall–Kier alpha value is -0.220. The number of hydrogen-bond donors (Lipinski definition) is 1. The van der Waals surface area contributed by atoms with Crippen LogP contribution >= 0.6 is 0 Å². The first kappa shape index (κ1) is 10.9. The zero-order valence-electron chi connectivity index (χ0n) is 7.92. The van der Waals surface area contributed by atoms with Crippen LogP contribution in [0.25, 0.3) is 0 Å². The molecule has 0 aromatic rings. The summed E-state index contributed by atoms with van der Waals surface area (Å²) in [6.07, 6.45) is -0.757. The second-order valence-electron chi connectivity index (χ2n) is 3.79. The highest BCUT2D eigenvalue weighted by molar-refractivity contribution is 4.76. The van der Waals surface area contributed by atoms with E-state index in [1.807, 2.05) is 0 Å². The van der Waals surface area contributed by atoms with Gasteiger partial charge in [-0.25, -0.2) is 8.78 Å². The summed E-state index contributed by atoms with van der Waals surface area (Å²) in [6.45, 7) is 2.94. The predicted octanol–water partition coefficient (Wildman–Crippen LogP) is 1.34. The topological polar surface area (TPSA) is 23.5 Å². The van der Waals surface area contributed by atoms with E-state index in [1.54, 1.807) is 11.8 Å². The minimum Gasteiger partial charge on any atom is -0.393 e. The minimum atomic E-state index is -2.26. The van der Waals surface area contributed by atoms with Crippen molar-refractivity contribution in [1.29, 1.82) is 0 Å². The monoisotopic (exact) mass is 193 g/mol. The van der Waals surface area contributed by atoms with Gasteiger partial charge in [-0.05, 0) is 32.2 Å². The van der Waals surface area contributed by atoms with E-state index in [9.17, 15) is 13.9 Å². The second kappa shape index (κ2) is 4.86. The maximum atomic E-state index is 12.0. The molecule has 0 spiro atoms. The summed E-state index contributed by atoms with van der Waals surface area (Å²) in [4.78, 5) is 1.74. The standard InChI is InChI=1S/C9H17F2NO/c1-7(13)8-3-2-4-12(5-8)6-9(10)11/h7-9,13H,2-6H2,1H3. The normalized spacial score (nSPS) is 27.9. The van der Waals surface area contributed by atoms with Crippen molar-refractivity contribution in [3.8, 4) is 0 Å². The van der Waals surface area contributed by atoms with Gasteiger partial charge in [-0.15, -0.1) is 0 Å². The number of aliphatic hydroxyl groups is 1. The highest BCUT2D eigenvalue weighted by Gasteiger charge is 2.24. The molecule has 1 fully saturated rings. The Kier molecular flexibility index (Phi) is 4.06. The Labute approximate surface area is 77.5 Å². The average Bonchev–Trinajstić information content (AvgIpc) is 2.03. The highest BCUT2D eigenvalue weighted by atomic mass is 19.3. The maximum Gasteiger partial charge on any atom is 0.251 e. The summed E-state index contributed by atoms with van der Waals surface area (Å²) in [5, 5.41) is 9.31. The van der Waals surface area contributed by atoms with E-state index in [4.69, 9.17) is 0 Å². The SMILES string of the molecule is CC(O)C1CCCN(CC(F)F)C1. The fourth-order valence-electron chi connectivity index (χ4n) is 1.85. The summed E-state index contributed by atoms with van der Waals surface area (Å²) in [5.41, 5.74) is 0. The van der Waals surface area contributed by atoms with Gasteiger partial charge < -0.3 is 5.11 Å². The Morgan fingerprint density at radius 1 is 1.54 bits per heavy atom. The molecule has 78 valence electrons. The molecule has 0 saturated carbocycles. The Balaban J connectivity index is 2.33. The Morgan fingerprint density at radius 3 is 2.77 bits per heavy atom. The molecule has 0 aromatic heterocycles. The van der Waals surface area contributed by atoms with Crippen molar-refractivity contribution in [2.24, 2.45) is 5.92 Å². The molecule has 2 atom stereocenters. The number of likely N-dealkylation sites (tertiary alicyclic amines) is 1. The lowest BCUT2D eigenvalue weighted by Crippen LogP contribution is -2.41. The predicted molar refractivity (Wildman–Crippen MR) is 46.8 cm³/mol. The first-order valence-corrected chi connectivity index (χ1v) is 4.78. The van der Waals surface area contributed by atoms with Crippen LogP contribution in [0.15, 0.2) is 0 Å². The molecule has 1 rings (SSSR count). The van der Waals surface area contributed by atoms with Gasteiger partial charge in [0.05, 0.1) is 12.6 Å². The van der Waals surface area contributed by atoms with E-state index in [2.05, 4.69) is 0 Å². The molecule has 0 amide bonds. The van der Waals surface area contributed by atoms with E-state index in [1.165, 1.54) is 0 Å². The van der Waals surface area contributed by atoms with Gasteiger partial charge in [-0.2, -0.15) is 0 Å². The highest BCUT2D eigenvalue weighted by Crippen LogP contribution is 2.20. The molecule has 0 radical (unpaired) electrons. The second-order valence-corrected chi connectivity index (χ2v) is 3.79. The van der Waals surface area contributed by atoms with Gasteiger partial charge in [-0.1, -0.05) is 0 Å². The Bertz CT molecular complexity index is 153. The van der Waals surface area contributed by atoms with Gasteiger partial charge in [0.15, 0.2) is 0 Å². The molecular formula is C9H17F2NO. The van der Waals surface area contributed by atoms with Crippen LogP contribution in [0, 0.1) is 5.92 Å². The molecule has 0 bridgehead atoms. The number of rotatable bonds is 3. The lowest BCUT2D eigenvalue weighted by atomic mass is 9.93. The van der Waals surface area contributed by atoms with Crippen LogP contribution in [0.2, 0.25) is 0 Å². The van der Waals surface area contributed by atoms with Gasteiger partial charge in [-0.3, -0.25) is 4.90 Å². The Morgan fingerprint density at radius 2 is 2.23 bits per heavy atom. The molecule has 2 unspecified atom stereocenters. The zero-order chi connectivity index (χ0) is 9.84. The average molecular weight is 193 g/mol. The summed E-state index contributed by atoms with van der Waals surface area (Å²) in [6, 6.07) is 0. The first-order chi connectivity index (χ1) is 6.09. The van der Waals surface area contributed by atoms with Crippen LogP contribution in [0.4, 0.5) is 8.78 Å². The quantitative estimate of drug-likeness (QED) is 0.731. The first-order valence-electron chi connectivity index (χ1n) is 4.78. The van der Waals surface area contributed by atoms with Gasteiger partial charge in [0.1, 0.15) is 0 Å². The largest absolute Gasteiger partial charge is 0.393 e. The molecule has 2 nitrogen and oxygen atoms in total. The molecule has 13 heavy (non-hydrogen) atoms. The van der Waals surface area contributed by atoms with E-state index < -0.39 is 6.43 Å². The van der Waals surface area contributed by atoms with Crippen molar-refractivity contribution in [3.05, 3.63) is 0 Å². The van der Waals surface area contributed by atoms with Crippen molar-refractivity contribution in [2.75, 3.05) is 19.6 Å². The van der Waals surface area contributed by atoms with Crippen molar-refractivity contribution in [2.45, 2.75) is 32.3 Å². The van der Waals surface area contributed by atoms with Crippen LogP contribution < -0.4 is 0 Å². The number of alkyl halides is 2. The van der Waals surface area contributed by atoms with E-state index in [-0.39, 0.29) is 18.6 Å². The van der Waals surface area contributed by atoms with Gasteiger partial charge in [0.25, 0.3) is 6.43 Å². The third-order valence-electron chi connectivity index (χ3n) is 2.62. The minimum absolute atomic E-state index is 0.150. The molecule has 1 aliphatic heterocycles. The lowest BCUT2D eigenvalue weighted by molar-refractivity contribution is 0.0285. The summed E-state index contributed by atoms with van der Waals surface area (Å²) in [7, 11) is 0. The van der Waals surface area contributed by atoms with Crippen LogP contribution in [0.5, 0.6) is 0 Å². The molecule has 1 N–H and O–H groups in total. The smallest absolute Gasteiger partial charge is 0.251 e. The lowest BCUT2D eigenvalue weighted by Gasteiger charge is -2.33. The van der Waals surface area contributed by atoms with E-state index in [0.717, 1.165) is 19.4 Å². The number of piperidine rings is 1. The summed E-state index contributed by atoms with van der Waals surface area (Å²) >= 11 is 0. The van der Waals surface area contributed by atoms with Crippen LogP contribution in [0.3, 0.4) is 0 Å². The number of halogens is 2. The number of hydrogen-bond acceptors (Lipinski definition) is 2. The van der Waals surface area contributed by atoms with Crippen molar-refractivity contribution < 1.29 is 13.9 Å². The van der Waals surface area contributed by atoms with Gasteiger partial charge >= 0.3 is 0 Å². The van der Waals surface area contributed by atoms with Crippen LogP contribution in [-0.4, -0.2) is 42.2 Å². The summed E-state index contributed by atoms with van der Waals surface area (Å²) in [5.74, 6) is 0.174. The number of aliphatic hydroxyl groups excluding tert-OH is 1. The molecule has 1 heterocycles. The molecular weight excluding hydrogens is 176 g/mol. The third-order valence-corrected chi connectivity index (χ3v) is 2.62. The zero-order valence-corrected chi connectivity index (χ0v) is 7.92. The van der Waals surface area contributed by atoms with E-state index >= 15 is 0 Å². The van der Waals surface area contributed by atoms with Crippen LogP contribution in [0.1, 0.15) is 19.8 Å². The van der Waals surface area contributed by atoms with Crippen molar-refractivity contribution in [1.82, 2.24) is 4.90 Å². The molecule has 0 aromatic carbocycles. The van der Waals surface area contributed by atoms with Gasteiger partial charge in [0.2, 0.25) is 0 Å². The third kappa shape index (κ3) is 3.56. The molecule has 1 aliphatic rings. The molecule has 0 aliphatic carbocycles. The van der Waals surface area contributed by atoms with E-state index in [0.29, 0.717) is 6.54 Å². The molecule has 1 saturated heterocycles. The molecule has 4 heteroatoms. The van der Waals surface area contributed by atoms with Crippen molar-refractivity contribution >= 4 is 0 Å².